The Morgan fingerprint density at radius 1 is 1.48 bits per heavy atom. The molecule has 21 heavy (non-hydrogen) atoms. The van der Waals surface area contributed by atoms with Crippen LogP contribution in [0.1, 0.15) is 24.8 Å². The number of nitrogens with zero attached hydrogens (tertiary/aromatic N) is 4. The van der Waals surface area contributed by atoms with Gasteiger partial charge in [-0.05, 0) is 19.4 Å². The molecule has 0 spiro atoms. The molecular weight excluding hydrogens is 270 g/mol. The fourth-order valence-corrected chi connectivity index (χ4v) is 2.73. The van der Waals surface area contributed by atoms with Crippen LogP contribution in [0.5, 0.6) is 0 Å². The molecule has 0 bridgehead atoms. The Balaban J connectivity index is 1.97. The summed E-state index contributed by atoms with van der Waals surface area (Å²) in [7, 11) is 3.78. The van der Waals surface area contributed by atoms with E-state index in [-0.39, 0.29) is 6.42 Å². The van der Waals surface area contributed by atoms with Gasteiger partial charge in [0.2, 0.25) is 11.9 Å². The Morgan fingerprint density at radius 2 is 2.14 bits per heavy atom. The van der Waals surface area contributed by atoms with Crippen molar-refractivity contribution in [2.45, 2.75) is 31.4 Å². The van der Waals surface area contributed by atoms with Crippen LogP contribution >= 0.6 is 0 Å². The number of hydrogen-bond acceptors (Lipinski definition) is 6. The largest absolute Gasteiger partial charge is 0.388 e. The van der Waals surface area contributed by atoms with Crippen molar-refractivity contribution in [3.63, 3.8) is 0 Å². The maximum atomic E-state index is 11.1. The highest BCUT2D eigenvalue weighted by atomic mass is 16.3. The number of primary amides is 1. The second-order valence-electron chi connectivity index (χ2n) is 5.97. The number of rotatable bonds is 5. The fourth-order valence-electron chi connectivity index (χ4n) is 2.73. The molecule has 1 unspecified atom stereocenters. The molecule has 1 atom stereocenters. The number of carbonyl (C=O) groups excluding carboxylic acids is 1. The van der Waals surface area contributed by atoms with Gasteiger partial charge in [0.05, 0.1) is 12.0 Å². The van der Waals surface area contributed by atoms with Crippen LogP contribution in [0.25, 0.3) is 0 Å². The first-order valence-electron chi connectivity index (χ1n) is 7.09. The molecule has 1 aliphatic rings. The first-order valence-corrected chi connectivity index (χ1v) is 7.09. The van der Waals surface area contributed by atoms with E-state index in [1.165, 1.54) is 0 Å². The van der Waals surface area contributed by atoms with Crippen LogP contribution in [-0.4, -0.2) is 58.7 Å². The van der Waals surface area contributed by atoms with E-state index in [1.54, 1.807) is 12.4 Å². The summed E-state index contributed by atoms with van der Waals surface area (Å²) in [5.74, 6) is 0.209. The van der Waals surface area contributed by atoms with Crippen LogP contribution in [-0.2, 0) is 11.3 Å². The van der Waals surface area contributed by atoms with Gasteiger partial charge >= 0.3 is 0 Å². The maximum absolute atomic E-state index is 11.1. The lowest BCUT2D eigenvalue weighted by molar-refractivity contribution is -0.125. The highest BCUT2D eigenvalue weighted by Gasteiger charge is 2.34. The Bertz CT molecular complexity index is 491. The third-order valence-electron chi connectivity index (χ3n) is 3.64. The molecule has 3 N–H and O–H groups in total. The molecule has 7 nitrogen and oxygen atoms in total. The van der Waals surface area contributed by atoms with E-state index >= 15 is 0 Å². The van der Waals surface area contributed by atoms with Gasteiger partial charge in [0.1, 0.15) is 0 Å². The molecule has 1 fully saturated rings. The van der Waals surface area contributed by atoms with Crippen molar-refractivity contribution in [3.05, 3.63) is 18.0 Å². The minimum Gasteiger partial charge on any atom is -0.388 e. The molecule has 0 radical (unpaired) electrons. The number of aliphatic hydroxyl groups is 1. The smallest absolute Gasteiger partial charge is 0.224 e. The fraction of sp³-hybridized carbons (Fsp3) is 0.643. The zero-order valence-corrected chi connectivity index (χ0v) is 12.6. The van der Waals surface area contributed by atoms with E-state index in [2.05, 4.69) is 14.9 Å². The Kier molecular flexibility index (Phi) is 4.74. The summed E-state index contributed by atoms with van der Waals surface area (Å²) in [6.45, 7) is 2.00. The molecule has 0 aromatic carbocycles. The van der Waals surface area contributed by atoms with Crippen LogP contribution in [0.15, 0.2) is 12.4 Å². The third kappa shape index (κ3) is 4.37. The SMILES string of the molecule is CN(C)c1ncc(CN2CCCC(O)(CC(N)=O)C2)cn1. The average molecular weight is 293 g/mol. The average Bonchev–Trinajstić information content (AvgIpc) is 2.37. The number of β-amino-alcohol motifs (C(OH)–C–C–N with tert-alkyl or cyclic N) is 1. The van der Waals surface area contributed by atoms with Crippen molar-refractivity contribution in [1.82, 2.24) is 14.9 Å². The third-order valence-corrected chi connectivity index (χ3v) is 3.64. The number of nitrogens with two attached hydrogens (primary N) is 1. The van der Waals surface area contributed by atoms with Crippen LogP contribution in [0.4, 0.5) is 5.95 Å². The topological polar surface area (TPSA) is 95.6 Å². The van der Waals surface area contributed by atoms with Crippen molar-refractivity contribution in [1.29, 1.82) is 0 Å². The van der Waals surface area contributed by atoms with Gasteiger partial charge in [-0.25, -0.2) is 9.97 Å². The second kappa shape index (κ2) is 6.36. The van der Waals surface area contributed by atoms with Gasteiger partial charge in [0.25, 0.3) is 0 Å². The molecular formula is C14H23N5O2. The molecule has 7 heteroatoms. The highest BCUT2D eigenvalue weighted by molar-refractivity contribution is 5.75. The molecule has 2 heterocycles. The van der Waals surface area contributed by atoms with E-state index in [9.17, 15) is 9.90 Å². The molecule has 116 valence electrons. The first-order chi connectivity index (χ1) is 9.88. The van der Waals surface area contributed by atoms with Crippen molar-refractivity contribution in [3.8, 4) is 0 Å². The summed E-state index contributed by atoms with van der Waals surface area (Å²) in [6.07, 6.45) is 5.07. The van der Waals surface area contributed by atoms with E-state index in [4.69, 9.17) is 5.73 Å². The quantitative estimate of drug-likeness (QED) is 0.777. The minimum absolute atomic E-state index is 0.0135. The van der Waals surface area contributed by atoms with Crippen LogP contribution in [0.2, 0.25) is 0 Å². The molecule has 0 aliphatic carbocycles. The molecule has 1 amide bonds. The monoisotopic (exact) mass is 293 g/mol. The molecule has 2 rings (SSSR count). The predicted octanol–water partition coefficient (Wildman–Crippen LogP) is -0.255. The zero-order valence-electron chi connectivity index (χ0n) is 12.6. The Labute approximate surface area is 124 Å². The van der Waals surface area contributed by atoms with E-state index < -0.39 is 11.5 Å². The molecule has 1 aliphatic heterocycles. The van der Waals surface area contributed by atoms with Crippen LogP contribution in [0.3, 0.4) is 0 Å². The van der Waals surface area contributed by atoms with Crippen LogP contribution < -0.4 is 10.6 Å². The lowest BCUT2D eigenvalue weighted by atomic mass is 9.89. The minimum atomic E-state index is -1.01. The number of anilines is 1. The Hall–Kier alpha value is -1.73. The number of likely N-dealkylation sites (tertiary alicyclic amines) is 1. The Morgan fingerprint density at radius 3 is 2.71 bits per heavy atom. The van der Waals surface area contributed by atoms with E-state index in [0.29, 0.717) is 25.5 Å². The first kappa shape index (κ1) is 15.7. The van der Waals surface area contributed by atoms with Crippen molar-refractivity contribution < 1.29 is 9.90 Å². The molecule has 0 saturated carbocycles. The summed E-state index contributed by atoms with van der Waals surface area (Å²) in [4.78, 5) is 23.6. The number of piperidine rings is 1. The number of hydrogen-bond donors (Lipinski definition) is 2. The van der Waals surface area contributed by atoms with E-state index in [1.807, 2.05) is 19.0 Å². The molecule has 1 aromatic rings. The molecule has 1 aromatic heterocycles. The second-order valence-corrected chi connectivity index (χ2v) is 5.97. The molecule has 1 saturated heterocycles. The van der Waals surface area contributed by atoms with Crippen molar-refractivity contribution >= 4 is 11.9 Å². The van der Waals surface area contributed by atoms with Gasteiger partial charge in [-0.3, -0.25) is 9.69 Å². The van der Waals surface area contributed by atoms with Crippen LogP contribution in [0, 0.1) is 0 Å². The van der Waals surface area contributed by atoms with Crippen molar-refractivity contribution in [2.24, 2.45) is 5.73 Å². The zero-order chi connectivity index (χ0) is 15.5. The summed E-state index contributed by atoms with van der Waals surface area (Å²) in [5.41, 5.74) is 5.19. The standard InChI is InChI=1S/C14H23N5O2/c1-18(2)13-16-7-11(8-17-13)9-19-5-3-4-14(21,10-19)6-12(15)20/h7-8,21H,3-6,9-10H2,1-2H3,(H2,15,20). The lowest BCUT2D eigenvalue weighted by Gasteiger charge is -2.38. The predicted molar refractivity (Wildman–Crippen MR) is 79.6 cm³/mol. The number of aromatic nitrogens is 2. The highest BCUT2D eigenvalue weighted by Crippen LogP contribution is 2.25. The summed E-state index contributed by atoms with van der Waals surface area (Å²) >= 11 is 0. The summed E-state index contributed by atoms with van der Waals surface area (Å²) < 4.78 is 0. The van der Waals surface area contributed by atoms with Gasteiger partial charge in [-0.15, -0.1) is 0 Å². The maximum Gasteiger partial charge on any atom is 0.224 e. The summed E-state index contributed by atoms with van der Waals surface area (Å²) in [5, 5.41) is 10.4. The normalized spacial score (nSPS) is 23.0. The number of amides is 1. The summed E-state index contributed by atoms with van der Waals surface area (Å²) in [6, 6.07) is 0. The van der Waals surface area contributed by atoms with Gasteiger partial charge in [-0.2, -0.15) is 0 Å². The van der Waals surface area contributed by atoms with Crippen molar-refractivity contribution in [2.75, 3.05) is 32.1 Å². The van der Waals surface area contributed by atoms with Gasteiger partial charge in [-0.1, -0.05) is 0 Å². The van der Waals surface area contributed by atoms with E-state index in [0.717, 1.165) is 18.5 Å². The van der Waals surface area contributed by atoms with Gasteiger partial charge in [0.15, 0.2) is 0 Å². The number of carbonyl (C=O) groups is 1. The lowest BCUT2D eigenvalue weighted by Crippen LogP contribution is -2.49. The van der Waals surface area contributed by atoms with Gasteiger partial charge < -0.3 is 15.7 Å². The van der Waals surface area contributed by atoms with Gasteiger partial charge in [0, 0.05) is 45.1 Å².